The van der Waals surface area contributed by atoms with E-state index in [2.05, 4.69) is 21.4 Å². The molecule has 3 rings (SSSR count). The summed E-state index contributed by atoms with van der Waals surface area (Å²) in [6, 6.07) is 7.86. The van der Waals surface area contributed by atoms with E-state index in [1.807, 2.05) is 26.0 Å². The van der Waals surface area contributed by atoms with Gasteiger partial charge in [-0.1, -0.05) is 6.07 Å². The van der Waals surface area contributed by atoms with Gasteiger partial charge in [0.15, 0.2) is 0 Å². The van der Waals surface area contributed by atoms with Crippen LogP contribution < -0.4 is 5.32 Å². The highest BCUT2D eigenvalue weighted by atomic mass is 16.2. The Morgan fingerprint density at radius 1 is 0.889 bits per heavy atom. The molecule has 0 aliphatic carbocycles. The quantitative estimate of drug-likeness (QED) is 0.902. The molecule has 0 spiro atoms. The summed E-state index contributed by atoms with van der Waals surface area (Å²) in [4.78, 5) is 36.5. The Hall–Kier alpha value is -2.96. The molecule has 27 heavy (non-hydrogen) atoms. The molecule has 2 amide bonds. The summed E-state index contributed by atoms with van der Waals surface area (Å²) < 4.78 is 0. The third-order valence-electron chi connectivity index (χ3n) is 4.56. The highest BCUT2D eigenvalue weighted by molar-refractivity contribution is 5.93. The van der Waals surface area contributed by atoms with Crippen molar-refractivity contribution >= 4 is 23.3 Å². The molecule has 0 saturated carbocycles. The van der Waals surface area contributed by atoms with Crippen LogP contribution in [0.25, 0.3) is 0 Å². The Kier molecular flexibility index (Phi) is 5.39. The van der Waals surface area contributed by atoms with E-state index in [0.29, 0.717) is 43.5 Å². The highest BCUT2D eigenvalue weighted by Crippen LogP contribution is 2.19. The second-order valence-electron chi connectivity index (χ2n) is 6.99. The van der Waals surface area contributed by atoms with E-state index >= 15 is 0 Å². The van der Waals surface area contributed by atoms with Crippen molar-refractivity contribution in [1.29, 1.82) is 0 Å². The predicted molar refractivity (Wildman–Crippen MR) is 104 cm³/mol. The molecule has 2 aromatic rings. The van der Waals surface area contributed by atoms with Gasteiger partial charge < -0.3 is 15.1 Å². The monoisotopic (exact) mass is 367 g/mol. The van der Waals surface area contributed by atoms with Crippen LogP contribution in [0.3, 0.4) is 0 Å². The molecule has 1 saturated heterocycles. The summed E-state index contributed by atoms with van der Waals surface area (Å²) in [5.41, 5.74) is 3.61. The number of benzene rings is 1. The molecule has 1 aromatic carbocycles. The summed E-state index contributed by atoms with van der Waals surface area (Å²) >= 11 is 0. The Morgan fingerprint density at radius 3 is 2.07 bits per heavy atom. The molecule has 1 fully saturated rings. The van der Waals surface area contributed by atoms with Gasteiger partial charge in [0.1, 0.15) is 17.3 Å². The number of anilines is 2. The predicted octanol–water partition coefficient (Wildman–Crippen LogP) is 2.45. The minimum absolute atomic E-state index is 0.0416. The van der Waals surface area contributed by atoms with Crippen molar-refractivity contribution in [2.45, 2.75) is 27.7 Å². The van der Waals surface area contributed by atoms with E-state index in [0.717, 1.165) is 16.8 Å². The zero-order valence-corrected chi connectivity index (χ0v) is 16.2. The average molecular weight is 367 g/mol. The fraction of sp³-hybridized carbons (Fsp3) is 0.400. The van der Waals surface area contributed by atoms with Crippen LogP contribution in [-0.4, -0.2) is 57.8 Å². The molecule has 142 valence electrons. The molecule has 1 N–H and O–H groups in total. The lowest BCUT2D eigenvalue weighted by atomic mass is 10.1. The lowest BCUT2D eigenvalue weighted by Gasteiger charge is -2.34. The molecule has 7 heteroatoms. The maximum atomic E-state index is 12.8. The van der Waals surface area contributed by atoms with Crippen molar-refractivity contribution < 1.29 is 9.59 Å². The molecule has 1 aromatic heterocycles. The maximum Gasteiger partial charge on any atom is 0.272 e. The van der Waals surface area contributed by atoms with Crippen molar-refractivity contribution in [1.82, 2.24) is 19.8 Å². The van der Waals surface area contributed by atoms with Crippen LogP contribution in [0.2, 0.25) is 0 Å². The van der Waals surface area contributed by atoms with Gasteiger partial charge >= 0.3 is 0 Å². The van der Waals surface area contributed by atoms with E-state index in [4.69, 9.17) is 0 Å². The SMILES string of the molecule is CC(=O)N1CCN(C(=O)c2cc(Nc3cc(C)cc(C)c3)nc(C)n2)CC1. The highest BCUT2D eigenvalue weighted by Gasteiger charge is 2.24. The molecule has 7 nitrogen and oxygen atoms in total. The lowest BCUT2D eigenvalue weighted by molar-refractivity contribution is -0.130. The van der Waals surface area contributed by atoms with Crippen LogP contribution in [0, 0.1) is 20.8 Å². The van der Waals surface area contributed by atoms with Crippen LogP contribution >= 0.6 is 0 Å². The van der Waals surface area contributed by atoms with Crippen molar-refractivity contribution in [3.8, 4) is 0 Å². The Labute approximate surface area is 159 Å². The van der Waals surface area contributed by atoms with Gasteiger partial charge in [-0.3, -0.25) is 9.59 Å². The average Bonchev–Trinajstić information content (AvgIpc) is 2.59. The first-order valence-corrected chi connectivity index (χ1v) is 9.07. The largest absolute Gasteiger partial charge is 0.340 e. The van der Waals surface area contributed by atoms with Gasteiger partial charge in [-0.2, -0.15) is 0 Å². The molecule has 2 heterocycles. The van der Waals surface area contributed by atoms with Crippen LogP contribution in [0.4, 0.5) is 11.5 Å². The number of aryl methyl sites for hydroxylation is 3. The number of carbonyl (C=O) groups excluding carboxylic acids is 2. The number of nitrogens with one attached hydrogen (secondary N) is 1. The zero-order chi connectivity index (χ0) is 19.6. The van der Waals surface area contributed by atoms with Crippen molar-refractivity contribution in [3.63, 3.8) is 0 Å². The van der Waals surface area contributed by atoms with Gasteiger partial charge in [-0.15, -0.1) is 0 Å². The lowest BCUT2D eigenvalue weighted by Crippen LogP contribution is -2.50. The van der Waals surface area contributed by atoms with E-state index in [1.54, 1.807) is 29.7 Å². The van der Waals surface area contributed by atoms with Gasteiger partial charge in [0.25, 0.3) is 5.91 Å². The third kappa shape index (κ3) is 4.61. The number of amides is 2. The standard InChI is InChI=1S/C20H25N5O2/c1-13-9-14(2)11-17(10-13)23-19-12-18(21-15(3)22-19)20(27)25-7-5-24(6-8-25)16(4)26/h9-12H,5-8H2,1-4H3,(H,21,22,23). The summed E-state index contributed by atoms with van der Waals surface area (Å²) in [5, 5.41) is 3.27. The minimum Gasteiger partial charge on any atom is -0.340 e. The first kappa shape index (κ1) is 18.8. The summed E-state index contributed by atoms with van der Waals surface area (Å²) in [7, 11) is 0. The van der Waals surface area contributed by atoms with Crippen molar-refractivity contribution in [3.05, 3.63) is 46.9 Å². The van der Waals surface area contributed by atoms with Gasteiger partial charge in [-0.25, -0.2) is 9.97 Å². The minimum atomic E-state index is -0.132. The van der Waals surface area contributed by atoms with E-state index in [-0.39, 0.29) is 11.8 Å². The fourth-order valence-electron chi connectivity index (χ4n) is 3.32. The van der Waals surface area contributed by atoms with Crippen LogP contribution in [-0.2, 0) is 4.79 Å². The Bertz CT molecular complexity index is 852. The summed E-state index contributed by atoms with van der Waals surface area (Å²) in [6.07, 6.45) is 0. The number of rotatable bonds is 3. The molecule has 1 aliphatic heterocycles. The maximum absolute atomic E-state index is 12.8. The van der Waals surface area contributed by atoms with Gasteiger partial charge in [-0.05, 0) is 44.0 Å². The van der Waals surface area contributed by atoms with Gasteiger partial charge in [0.05, 0.1) is 0 Å². The number of hydrogen-bond acceptors (Lipinski definition) is 5. The third-order valence-corrected chi connectivity index (χ3v) is 4.56. The Balaban J connectivity index is 1.77. The number of aromatic nitrogens is 2. The van der Waals surface area contributed by atoms with E-state index in [9.17, 15) is 9.59 Å². The smallest absolute Gasteiger partial charge is 0.272 e. The van der Waals surface area contributed by atoms with Gasteiger partial charge in [0, 0.05) is 44.9 Å². The van der Waals surface area contributed by atoms with Gasteiger partial charge in [0.2, 0.25) is 5.91 Å². The molecule has 0 radical (unpaired) electrons. The molecule has 0 unspecified atom stereocenters. The van der Waals surface area contributed by atoms with E-state index < -0.39 is 0 Å². The fourth-order valence-corrected chi connectivity index (χ4v) is 3.32. The number of nitrogens with zero attached hydrogens (tertiary/aromatic N) is 4. The number of hydrogen-bond donors (Lipinski definition) is 1. The molecule has 0 atom stereocenters. The van der Waals surface area contributed by atoms with Crippen molar-refractivity contribution in [2.24, 2.45) is 0 Å². The van der Waals surface area contributed by atoms with Crippen LogP contribution in [0.5, 0.6) is 0 Å². The summed E-state index contributed by atoms with van der Waals surface area (Å²) in [5.74, 6) is 1.04. The van der Waals surface area contributed by atoms with E-state index in [1.165, 1.54) is 0 Å². The molecule has 1 aliphatic rings. The number of piperazine rings is 1. The number of carbonyl (C=O) groups is 2. The Morgan fingerprint density at radius 2 is 1.48 bits per heavy atom. The summed E-state index contributed by atoms with van der Waals surface area (Å²) in [6.45, 7) is 9.55. The molecular weight excluding hydrogens is 342 g/mol. The van der Waals surface area contributed by atoms with Crippen LogP contribution in [0.1, 0.15) is 34.4 Å². The molecule has 0 bridgehead atoms. The molecular formula is C20H25N5O2. The zero-order valence-electron chi connectivity index (χ0n) is 16.2. The van der Waals surface area contributed by atoms with Crippen molar-refractivity contribution in [2.75, 3.05) is 31.5 Å². The van der Waals surface area contributed by atoms with Crippen LogP contribution in [0.15, 0.2) is 24.3 Å². The normalized spacial score (nSPS) is 14.2. The topological polar surface area (TPSA) is 78.4 Å². The first-order chi connectivity index (χ1) is 12.8. The second-order valence-corrected chi connectivity index (χ2v) is 6.99. The first-order valence-electron chi connectivity index (χ1n) is 9.07. The second kappa shape index (κ2) is 7.73.